The fraction of sp³-hybridized carbons (Fsp3) is 0.467. The van der Waals surface area contributed by atoms with E-state index in [9.17, 15) is 4.79 Å². The maximum Gasteiger partial charge on any atom is 0.223 e. The number of piperazine rings is 1. The van der Waals surface area contributed by atoms with Crippen LogP contribution >= 0.6 is 0 Å². The van der Waals surface area contributed by atoms with E-state index in [0.29, 0.717) is 18.9 Å². The van der Waals surface area contributed by atoms with Gasteiger partial charge in [-0.15, -0.1) is 0 Å². The Bertz CT molecular complexity index is 574. The largest absolute Gasteiger partial charge is 0.342 e. The fourth-order valence-corrected chi connectivity index (χ4v) is 2.67. The molecule has 0 spiro atoms. The minimum absolute atomic E-state index is 0.221. The van der Waals surface area contributed by atoms with Crippen molar-refractivity contribution in [3.05, 3.63) is 30.1 Å². The highest BCUT2D eigenvalue weighted by molar-refractivity contribution is 5.77. The lowest BCUT2D eigenvalue weighted by Gasteiger charge is -2.31. The van der Waals surface area contributed by atoms with E-state index in [-0.39, 0.29) is 5.91 Å². The lowest BCUT2D eigenvalue weighted by atomic mass is 10.2. The number of hydrogen-bond donors (Lipinski definition) is 2. The molecule has 1 fully saturated rings. The van der Waals surface area contributed by atoms with Gasteiger partial charge in [-0.05, 0) is 19.1 Å². The number of amides is 1. The number of aromatic amines is 1. The Morgan fingerprint density at radius 3 is 3.10 bits per heavy atom. The number of nitrogens with one attached hydrogen (secondary N) is 2. The topological polar surface area (TPSA) is 61.0 Å². The van der Waals surface area contributed by atoms with Gasteiger partial charge in [-0.25, -0.2) is 4.98 Å². The second-order valence-electron chi connectivity index (χ2n) is 5.40. The van der Waals surface area contributed by atoms with Crippen LogP contribution < -0.4 is 5.32 Å². The van der Waals surface area contributed by atoms with Crippen molar-refractivity contribution < 1.29 is 4.79 Å². The Morgan fingerprint density at radius 1 is 1.45 bits per heavy atom. The first-order valence-electron chi connectivity index (χ1n) is 7.17. The third-order valence-electron chi connectivity index (χ3n) is 3.74. The minimum Gasteiger partial charge on any atom is -0.342 e. The molecule has 20 heavy (non-hydrogen) atoms. The standard InChI is InChI=1S/C15H20N4O/c1-11-10-19(9-8-16-11)15(20)7-6-14-17-12-4-2-3-5-13(12)18-14/h2-5,11,16H,6-10H2,1H3,(H,17,18). The van der Waals surface area contributed by atoms with Crippen LogP contribution in [0.5, 0.6) is 0 Å². The Balaban J connectivity index is 1.59. The summed E-state index contributed by atoms with van der Waals surface area (Å²) in [6.45, 7) is 4.61. The zero-order valence-electron chi connectivity index (χ0n) is 11.7. The summed E-state index contributed by atoms with van der Waals surface area (Å²) in [7, 11) is 0. The molecular weight excluding hydrogens is 252 g/mol. The summed E-state index contributed by atoms with van der Waals surface area (Å²) < 4.78 is 0. The van der Waals surface area contributed by atoms with Gasteiger partial charge in [0.2, 0.25) is 5.91 Å². The molecule has 1 saturated heterocycles. The normalized spacial score (nSPS) is 19.4. The van der Waals surface area contributed by atoms with Crippen LogP contribution in [0.3, 0.4) is 0 Å². The summed E-state index contributed by atoms with van der Waals surface area (Å²) in [6, 6.07) is 8.33. The predicted octanol–water partition coefficient (Wildman–Crippen LogP) is 1.32. The van der Waals surface area contributed by atoms with Gasteiger partial charge in [-0.3, -0.25) is 4.79 Å². The van der Waals surface area contributed by atoms with Crippen molar-refractivity contribution in [2.45, 2.75) is 25.8 Å². The Morgan fingerprint density at radius 2 is 2.30 bits per heavy atom. The van der Waals surface area contributed by atoms with Crippen molar-refractivity contribution in [1.82, 2.24) is 20.2 Å². The number of fused-ring (bicyclic) bond motifs is 1. The SMILES string of the molecule is CC1CN(C(=O)CCc2nc3ccccc3[nH]2)CCN1. The number of aromatic nitrogens is 2. The molecule has 1 unspecified atom stereocenters. The number of H-pyrrole nitrogens is 1. The number of carbonyl (C=O) groups is 1. The molecular formula is C15H20N4O. The number of nitrogens with zero attached hydrogens (tertiary/aromatic N) is 2. The number of benzene rings is 1. The van der Waals surface area contributed by atoms with Crippen LogP contribution in [0.4, 0.5) is 0 Å². The first-order valence-corrected chi connectivity index (χ1v) is 7.17. The molecule has 0 radical (unpaired) electrons. The van der Waals surface area contributed by atoms with Gasteiger partial charge >= 0.3 is 0 Å². The number of imidazole rings is 1. The average Bonchev–Trinajstić information content (AvgIpc) is 2.87. The molecule has 0 aliphatic carbocycles. The first-order chi connectivity index (χ1) is 9.72. The van der Waals surface area contributed by atoms with Crippen LogP contribution in [0, 0.1) is 0 Å². The minimum atomic E-state index is 0.221. The molecule has 1 aliphatic heterocycles. The van der Waals surface area contributed by atoms with Crippen molar-refractivity contribution >= 4 is 16.9 Å². The molecule has 5 heteroatoms. The molecule has 2 N–H and O–H groups in total. The molecule has 1 atom stereocenters. The van der Waals surface area contributed by atoms with Crippen LogP contribution in [0.1, 0.15) is 19.2 Å². The van der Waals surface area contributed by atoms with E-state index in [1.54, 1.807) is 0 Å². The maximum atomic E-state index is 12.2. The summed E-state index contributed by atoms with van der Waals surface area (Å²) in [4.78, 5) is 21.9. The van der Waals surface area contributed by atoms with Gasteiger partial charge in [0, 0.05) is 38.5 Å². The van der Waals surface area contributed by atoms with Gasteiger partial charge in [0.15, 0.2) is 0 Å². The van der Waals surface area contributed by atoms with E-state index in [0.717, 1.165) is 36.5 Å². The van der Waals surface area contributed by atoms with Gasteiger partial charge in [-0.1, -0.05) is 12.1 Å². The summed E-state index contributed by atoms with van der Waals surface area (Å²) >= 11 is 0. The Labute approximate surface area is 118 Å². The summed E-state index contributed by atoms with van der Waals surface area (Å²) in [6.07, 6.45) is 1.19. The van der Waals surface area contributed by atoms with E-state index < -0.39 is 0 Å². The van der Waals surface area contributed by atoms with Gasteiger partial charge in [-0.2, -0.15) is 0 Å². The van der Waals surface area contributed by atoms with Crippen molar-refractivity contribution in [2.24, 2.45) is 0 Å². The third-order valence-corrected chi connectivity index (χ3v) is 3.74. The molecule has 106 valence electrons. The van der Waals surface area contributed by atoms with Crippen LogP contribution in [-0.4, -0.2) is 46.5 Å². The van der Waals surface area contributed by atoms with Crippen molar-refractivity contribution in [2.75, 3.05) is 19.6 Å². The van der Waals surface area contributed by atoms with Gasteiger partial charge in [0.25, 0.3) is 0 Å². The zero-order valence-corrected chi connectivity index (χ0v) is 11.7. The van der Waals surface area contributed by atoms with E-state index >= 15 is 0 Å². The lowest BCUT2D eigenvalue weighted by Crippen LogP contribution is -2.51. The third kappa shape index (κ3) is 2.82. The van der Waals surface area contributed by atoms with Crippen LogP contribution in [0.25, 0.3) is 11.0 Å². The van der Waals surface area contributed by atoms with Gasteiger partial charge in [0.05, 0.1) is 11.0 Å². The number of aryl methyl sites for hydroxylation is 1. The molecule has 5 nitrogen and oxygen atoms in total. The van der Waals surface area contributed by atoms with Crippen LogP contribution in [0.15, 0.2) is 24.3 Å². The molecule has 2 aromatic rings. The quantitative estimate of drug-likeness (QED) is 0.886. The highest BCUT2D eigenvalue weighted by atomic mass is 16.2. The van der Waals surface area contributed by atoms with Gasteiger partial charge < -0.3 is 15.2 Å². The number of para-hydroxylation sites is 2. The van der Waals surface area contributed by atoms with Crippen molar-refractivity contribution in [3.63, 3.8) is 0 Å². The zero-order chi connectivity index (χ0) is 13.9. The summed E-state index contributed by atoms with van der Waals surface area (Å²) in [5, 5.41) is 3.35. The Hall–Kier alpha value is -1.88. The second-order valence-corrected chi connectivity index (χ2v) is 5.40. The molecule has 3 rings (SSSR count). The number of rotatable bonds is 3. The summed E-state index contributed by atoms with van der Waals surface area (Å²) in [5.74, 6) is 1.11. The Kier molecular flexibility index (Phi) is 3.69. The average molecular weight is 272 g/mol. The highest BCUT2D eigenvalue weighted by Gasteiger charge is 2.20. The predicted molar refractivity (Wildman–Crippen MR) is 78.5 cm³/mol. The molecule has 1 amide bonds. The lowest BCUT2D eigenvalue weighted by molar-refractivity contribution is -0.132. The molecule has 1 aromatic heterocycles. The summed E-state index contributed by atoms with van der Waals surface area (Å²) in [5.41, 5.74) is 2.00. The first kappa shape index (κ1) is 13.1. The number of carbonyl (C=O) groups excluding carboxylic acids is 1. The second kappa shape index (κ2) is 5.63. The van der Waals surface area contributed by atoms with E-state index in [2.05, 4.69) is 22.2 Å². The molecule has 2 heterocycles. The van der Waals surface area contributed by atoms with Crippen LogP contribution in [0.2, 0.25) is 0 Å². The smallest absolute Gasteiger partial charge is 0.223 e. The van der Waals surface area contributed by atoms with Gasteiger partial charge in [0.1, 0.15) is 5.82 Å². The van der Waals surface area contributed by atoms with E-state index in [1.807, 2.05) is 29.2 Å². The monoisotopic (exact) mass is 272 g/mol. The van der Waals surface area contributed by atoms with Crippen molar-refractivity contribution in [3.8, 4) is 0 Å². The molecule has 1 aromatic carbocycles. The fourth-order valence-electron chi connectivity index (χ4n) is 2.67. The van der Waals surface area contributed by atoms with E-state index in [1.165, 1.54) is 0 Å². The van der Waals surface area contributed by atoms with Crippen molar-refractivity contribution in [1.29, 1.82) is 0 Å². The van der Waals surface area contributed by atoms with E-state index in [4.69, 9.17) is 0 Å². The highest BCUT2D eigenvalue weighted by Crippen LogP contribution is 2.12. The van der Waals surface area contributed by atoms with Crippen LogP contribution in [-0.2, 0) is 11.2 Å². The molecule has 0 bridgehead atoms. The number of hydrogen-bond acceptors (Lipinski definition) is 3. The maximum absolute atomic E-state index is 12.2. The molecule has 0 saturated carbocycles. The molecule has 1 aliphatic rings.